The molecule has 0 saturated carbocycles. The molecular formula is C26H23N2O4+. The van der Waals surface area contributed by atoms with E-state index < -0.39 is 12.1 Å². The number of methoxy groups -OCH3 is 1. The number of benzene rings is 3. The second-order valence-corrected chi connectivity index (χ2v) is 8.04. The third-order valence-electron chi connectivity index (χ3n) is 6.04. The van der Waals surface area contributed by atoms with Gasteiger partial charge in [0.1, 0.15) is 23.7 Å². The highest BCUT2D eigenvalue weighted by Gasteiger charge is 2.54. The average Bonchev–Trinajstić information content (AvgIpc) is 3.19. The largest absolute Gasteiger partial charge is 0.506 e. The maximum absolute atomic E-state index is 13.8. The molecule has 2 heterocycles. The van der Waals surface area contributed by atoms with Crippen LogP contribution in [0.4, 0.5) is 10.5 Å². The van der Waals surface area contributed by atoms with Gasteiger partial charge in [-0.25, -0.2) is 4.79 Å². The lowest BCUT2D eigenvalue weighted by Gasteiger charge is -2.24. The minimum atomic E-state index is -0.877. The number of carbonyl (C=O) groups is 2. The summed E-state index contributed by atoms with van der Waals surface area (Å²) < 4.78 is 13.0. The van der Waals surface area contributed by atoms with E-state index in [4.69, 9.17) is 9.47 Å². The quantitative estimate of drug-likeness (QED) is 0.585. The highest BCUT2D eigenvalue weighted by atomic mass is 16.5. The Labute approximate surface area is 186 Å². The van der Waals surface area contributed by atoms with Gasteiger partial charge in [-0.2, -0.15) is 9.37 Å². The third-order valence-corrected chi connectivity index (χ3v) is 6.04. The molecule has 3 aromatic carbocycles. The standard InChI is InChI=1S/C26H23N2O4/c1-16-11-12-19(13-17(16)2)28-25(29)24-23(21-9-4-5-10-22(21)32-24)27(26(28)30)15-18-7-6-8-20(14-18)31-3/h4-14,24H,15H2,1-3H3/q+1. The highest BCUT2D eigenvalue weighted by Crippen LogP contribution is 2.34. The number of amides is 3. The zero-order chi connectivity index (χ0) is 22.4. The minimum Gasteiger partial charge on any atom is -0.497 e. The van der Waals surface area contributed by atoms with Gasteiger partial charge in [-0.05, 0) is 66.9 Å². The van der Waals surface area contributed by atoms with Gasteiger partial charge < -0.3 is 9.47 Å². The molecule has 2 aliphatic rings. The molecule has 1 atom stereocenters. The van der Waals surface area contributed by atoms with Crippen LogP contribution < -0.4 is 14.4 Å². The van der Waals surface area contributed by atoms with Crippen LogP contribution in [0.25, 0.3) is 0 Å². The Balaban J connectivity index is 1.66. The van der Waals surface area contributed by atoms with Crippen molar-refractivity contribution in [1.29, 1.82) is 0 Å². The molecule has 0 spiro atoms. The summed E-state index contributed by atoms with van der Waals surface area (Å²) in [6.07, 6.45) is -0.877. The first-order chi connectivity index (χ1) is 15.5. The second kappa shape index (κ2) is 7.64. The molecule has 3 amide bonds. The van der Waals surface area contributed by atoms with Crippen LogP contribution in [0, 0.1) is 13.8 Å². The zero-order valence-electron chi connectivity index (χ0n) is 18.2. The summed E-state index contributed by atoms with van der Waals surface area (Å²) in [6, 6.07) is 20.2. The van der Waals surface area contributed by atoms with Crippen LogP contribution in [0.2, 0.25) is 0 Å². The van der Waals surface area contributed by atoms with Gasteiger partial charge in [-0.1, -0.05) is 30.3 Å². The van der Waals surface area contributed by atoms with Crippen LogP contribution in [0.1, 0.15) is 22.3 Å². The monoisotopic (exact) mass is 427 g/mol. The van der Waals surface area contributed by atoms with Gasteiger partial charge in [-0.15, -0.1) is 4.90 Å². The fourth-order valence-electron chi connectivity index (χ4n) is 4.20. The van der Waals surface area contributed by atoms with Crippen molar-refractivity contribution in [2.45, 2.75) is 26.5 Å². The van der Waals surface area contributed by atoms with Crippen LogP contribution in [0.3, 0.4) is 0 Å². The lowest BCUT2D eigenvalue weighted by atomic mass is 10.0. The molecule has 6 heteroatoms. The Hall–Kier alpha value is -3.93. The van der Waals surface area contributed by atoms with Gasteiger partial charge in [0.05, 0.1) is 12.7 Å². The number of anilines is 1. The first-order valence-electron chi connectivity index (χ1n) is 10.5. The lowest BCUT2D eigenvalue weighted by molar-refractivity contribution is -0.446. The van der Waals surface area contributed by atoms with Gasteiger partial charge in [-0.3, -0.25) is 0 Å². The average molecular weight is 427 g/mol. The summed E-state index contributed by atoms with van der Waals surface area (Å²) in [4.78, 5) is 28.5. The van der Waals surface area contributed by atoms with Crippen molar-refractivity contribution in [3.05, 3.63) is 89.0 Å². The topological polar surface area (TPSA) is 58.9 Å². The molecule has 32 heavy (non-hydrogen) atoms. The van der Waals surface area contributed by atoms with E-state index in [1.165, 1.54) is 4.90 Å². The molecule has 0 aliphatic carbocycles. The SMILES string of the molecule is COc1cccc(C[N+]2=C3c4ccccc4OC3C(=O)N(c3ccc(C)c(C)c3)C2=O)c1. The molecule has 0 N–H and O–H groups in total. The van der Waals surface area contributed by atoms with E-state index in [1.54, 1.807) is 17.8 Å². The highest BCUT2D eigenvalue weighted by molar-refractivity contribution is 6.29. The number of urea groups is 1. The Morgan fingerprint density at radius 1 is 0.969 bits per heavy atom. The van der Waals surface area contributed by atoms with E-state index in [0.29, 0.717) is 22.9 Å². The molecule has 1 unspecified atom stereocenters. The zero-order valence-corrected chi connectivity index (χ0v) is 18.2. The van der Waals surface area contributed by atoms with Gasteiger partial charge in [0.15, 0.2) is 5.71 Å². The first-order valence-corrected chi connectivity index (χ1v) is 10.5. The first kappa shape index (κ1) is 20.0. The Kier molecular flexibility index (Phi) is 4.78. The Morgan fingerprint density at radius 2 is 1.78 bits per heavy atom. The number of hydrogen-bond donors (Lipinski definition) is 0. The molecule has 160 valence electrons. The molecule has 2 aliphatic heterocycles. The fourth-order valence-corrected chi connectivity index (χ4v) is 4.20. The summed E-state index contributed by atoms with van der Waals surface area (Å²) in [5.74, 6) is 0.927. The van der Waals surface area contributed by atoms with Crippen LogP contribution >= 0.6 is 0 Å². The van der Waals surface area contributed by atoms with E-state index in [0.717, 1.165) is 22.3 Å². The van der Waals surface area contributed by atoms with E-state index in [-0.39, 0.29) is 12.5 Å². The maximum atomic E-state index is 13.8. The number of ether oxygens (including phenoxy) is 2. The van der Waals surface area contributed by atoms with Crippen LogP contribution in [-0.2, 0) is 11.3 Å². The van der Waals surface area contributed by atoms with Crippen molar-refractivity contribution in [3.63, 3.8) is 0 Å². The fraction of sp³-hybridized carbons (Fsp3) is 0.192. The molecule has 0 saturated heterocycles. The smallest absolute Gasteiger partial charge is 0.497 e. The van der Waals surface area contributed by atoms with Crippen molar-refractivity contribution in [2.24, 2.45) is 0 Å². The number of nitrogens with zero attached hydrogens (tertiary/aromatic N) is 2. The normalized spacial score (nSPS) is 17.2. The lowest BCUT2D eigenvalue weighted by Crippen LogP contribution is -2.57. The predicted molar refractivity (Wildman–Crippen MR) is 121 cm³/mol. The number of fused-ring (bicyclic) bond motifs is 3. The summed E-state index contributed by atoms with van der Waals surface area (Å²) in [6.45, 7) is 4.25. The molecule has 5 rings (SSSR count). The van der Waals surface area contributed by atoms with Crippen LogP contribution in [0.5, 0.6) is 11.5 Å². The number of rotatable bonds is 4. The van der Waals surface area contributed by atoms with Crippen molar-refractivity contribution >= 4 is 23.3 Å². The van der Waals surface area contributed by atoms with Crippen LogP contribution in [-0.4, -0.2) is 35.4 Å². The van der Waals surface area contributed by atoms with Gasteiger partial charge in [0, 0.05) is 0 Å². The third kappa shape index (κ3) is 3.15. The van der Waals surface area contributed by atoms with Gasteiger partial charge >= 0.3 is 11.9 Å². The van der Waals surface area contributed by atoms with Crippen LogP contribution in [0.15, 0.2) is 66.7 Å². The van der Waals surface area contributed by atoms with Gasteiger partial charge in [0.2, 0.25) is 0 Å². The van der Waals surface area contributed by atoms with Crippen molar-refractivity contribution in [1.82, 2.24) is 0 Å². The summed E-state index contributed by atoms with van der Waals surface area (Å²) in [5, 5.41) is 0. The molecular weight excluding hydrogens is 404 g/mol. The van der Waals surface area contributed by atoms with E-state index in [1.807, 2.05) is 74.5 Å². The number of para-hydroxylation sites is 1. The summed E-state index contributed by atoms with van der Waals surface area (Å²) >= 11 is 0. The molecule has 0 bridgehead atoms. The number of carbonyl (C=O) groups excluding carboxylic acids is 2. The number of hydrogen-bond acceptors (Lipinski definition) is 4. The summed E-state index contributed by atoms with van der Waals surface area (Å²) in [7, 11) is 1.61. The van der Waals surface area contributed by atoms with Crippen molar-refractivity contribution in [2.75, 3.05) is 12.0 Å². The Morgan fingerprint density at radius 3 is 2.56 bits per heavy atom. The second-order valence-electron chi connectivity index (χ2n) is 8.04. The number of imide groups is 1. The molecule has 0 fully saturated rings. The number of aryl methyl sites for hydroxylation is 2. The van der Waals surface area contributed by atoms with E-state index in [2.05, 4.69) is 0 Å². The van der Waals surface area contributed by atoms with Crippen molar-refractivity contribution in [3.8, 4) is 11.5 Å². The molecule has 0 aromatic heterocycles. The van der Waals surface area contributed by atoms with E-state index >= 15 is 0 Å². The van der Waals surface area contributed by atoms with E-state index in [9.17, 15) is 9.59 Å². The van der Waals surface area contributed by atoms with Crippen molar-refractivity contribution < 1.29 is 23.6 Å². The molecule has 3 aromatic rings. The minimum absolute atomic E-state index is 0.286. The van der Waals surface area contributed by atoms with Gasteiger partial charge in [0.25, 0.3) is 6.10 Å². The summed E-state index contributed by atoms with van der Waals surface area (Å²) in [5.41, 5.74) is 4.88. The molecule has 0 radical (unpaired) electrons. The Bertz CT molecular complexity index is 1290. The maximum Gasteiger partial charge on any atom is 0.506 e. The predicted octanol–water partition coefficient (Wildman–Crippen LogP) is 4.24. The molecule has 6 nitrogen and oxygen atoms in total.